The van der Waals surface area contributed by atoms with Gasteiger partial charge in [0.15, 0.2) is 0 Å². The number of aryl methyl sites for hydroxylation is 2. The SMILES string of the molecule is Cc1ccc(N2C(=O)CSC2c2cccc(NS(=O)(=O)c3ccc(C)cc3)c2)cc1. The van der Waals surface area contributed by atoms with E-state index in [2.05, 4.69) is 4.72 Å². The van der Waals surface area contributed by atoms with Crippen LogP contribution in [-0.2, 0) is 14.8 Å². The van der Waals surface area contributed by atoms with Gasteiger partial charge < -0.3 is 0 Å². The Kier molecular flexibility index (Phi) is 5.58. The van der Waals surface area contributed by atoms with Crippen molar-refractivity contribution in [3.63, 3.8) is 0 Å². The monoisotopic (exact) mass is 438 g/mol. The van der Waals surface area contributed by atoms with E-state index in [1.54, 1.807) is 47.4 Å². The molecule has 30 heavy (non-hydrogen) atoms. The van der Waals surface area contributed by atoms with E-state index in [4.69, 9.17) is 0 Å². The summed E-state index contributed by atoms with van der Waals surface area (Å²) < 4.78 is 28.1. The van der Waals surface area contributed by atoms with E-state index in [1.807, 2.05) is 44.2 Å². The van der Waals surface area contributed by atoms with Crippen molar-refractivity contribution in [1.29, 1.82) is 0 Å². The standard InChI is InChI=1S/C23H22N2O3S2/c1-16-6-10-20(11-7-16)25-22(26)15-29-23(25)18-4-3-5-19(14-18)24-30(27,28)21-12-8-17(2)9-13-21/h3-14,23-24H,15H2,1-2H3. The molecule has 1 amide bonds. The fourth-order valence-corrected chi connectivity index (χ4v) is 5.56. The van der Waals surface area contributed by atoms with Crippen molar-refractivity contribution in [2.45, 2.75) is 24.1 Å². The molecule has 1 heterocycles. The van der Waals surface area contributed by atoms with Gasteiger partial charge in [-0.05, 0) is 55.8 Å². The number of carbonyl (C=O) groups excluding carboxylic acids is 1. The van der Waals surface area contributed by atoms with Crippen LogP contribution in [0.25, 0.3) is 0 Å². The number of anilines is 2. The first-order valence-corrected chi connectivity index (χ1v) is 12.1. The van der Waals surface area contributed by atoms with E-state index in [0.717, 1.165) is 22.4 Å². The number of hydrogen-bond donors (Lipinski definition) is 1. The Hall–Kier alpha value is -2.77. The zero-order valence-corrected chi connectivity index (χ0v) is 18.3. The van der Waals surface area contributed by atoms with Crippen LogP contribution in [0.2, 0.25) is 0 Å². The van der Waals surface area contributed by atoms with Crippen LogP contribution >= 0.6 is 11.8 Å². The number of sulfonamides is 1. The van der Waals surface area contributed by atoms with E-state index in [-0.39, 0.29) is 16.2 Å². The van der Waals surface area contributed by atoms with Crippen LogP contribution in [0.1, 0.15) is 22.1 Å². The molecule has 7 heteroatoms. The molecule has 1 fully saturated rings. The Labute approximate surface area is 181 Å². The number of nitrogens with zero attached hydrogens (tertiary/aromatic N) is 1. The number of amides is 1. The minimum atomic E-state index is -3.69. The molecule has 0 bridgehead atoms. The summed E-state index contributed by atoms with van der Waals surface area (Å²) in [6.07, 6.45) is 0. The Morgan fingerprint density at radius 1 is 0.933 bits per heavy atom. The predicted octanol–water partition coefficient (Wildman–Crippen LogP) is 4.88. The average molecular weight is 439 g/mol. The fraction of sp³-hybridized carbons (Fsp3) is 0.174. The Morgan fingerprint density at radius 2 is 1.57 bits per heavy atom. The summed E-state index contributed by atoms with van der Waals surface area (Å²) >= 11 is 1.53. The topological polar surface area (TPSA) is 66.5 Å². The summed E-state index contributed by atoms with van der Waals surface area (Å²) in [5.41, 5.74) is 4.30. The summed E-state index contributed by atoms with van der Waals surface area (Å²) in [5.74, 6) is 0.428. The first-order chi connectivity index (χ1) is 14.3. The summed E-state index contributed by atoms with van der Waals surface area (Å²) in [6.45, 7) is 3.92. The molecule has 0 saturated carbocycles. The van der Waals surface area contributed by atoms with E-state index in [9.17, 15) is 13.2 Å². The van der Waals surface area contributed by atoms with E-state index < -0.39 is 10.0 Å². The maximum atomic E-state index is 12.7. The number of rotatable bonds is 5. The molecule has 3 aromatic carbocycles. The highest BCUT2D eigenvalue weighted by atomic mass is 32.2. The maximum absolute atomic E-state index is 12.7. The molecule has 5 nitrogen and oxygen atoms in total. The van der Waals surface area contributed by atoms with Crippen molar-refractivity contribution in [3.05, 3.63) is 89.5 Å². The average Bonchev–Trinajstić information content (AvgIpc) is 3.10. The predicted molar refractivity (Wildman–Crippen MR) is 122 cm³/mol. The van der Waals surface area contributed by atoms with Crippen LogP contribution in [0.3, 0.4) is 0 Å². The minimum absolute atomic E-state index is 0.0412. The molecule has 1 saturated heterocycles. The fourth-order valence-electron chi connectivity index (χ4n) is 3.34. The highest BCUT2D eigenvalue weighted by Gasteiger charge is 2.34. The lowest BCUT2D eigenvalue weighted by atomic mass is 10.1. The summed E-state index contributed by atoms with van der Waals surface area (Å²) in [4.78, 5) is 14.6. The molecular formula is C23H22N2O3S2. The van der Waals surface area contributed by atoms with Gasteiger partial charge in [-0.15, -0.1) is 11.8 Å². The zero-order valence-electron chi connectivity index (χ0n) is 16.7. The van der Waals surface area contributed by atoms with Crippen molar-refractivity contribution in [2.75, 3.05) is 15.4 Å². The normalized spacial score (nSPS) is 16.7. The van der Waals surface area contributed by atoms with Crippen LogP contribution in [0.15, 0.2) is 77.7 Å². The van der Waals surface area contributed by atoms with E-state index in [0.29, 0.717) is 11.4 Å². The van der Waals surface area contributed by atoms with Gasteiger partial charge in [0.05, 0.1) is 10.6 Å². The third kappa shape index (κ3) is 4.22. The lowest BCUT2D eigenvalue weighted by molar-refractivity contribution is -0.115. The summed E-state index contributed by atoms with van der Waals surface area (Å²) in [6, 6.07) is 21.8. The molecule has 1 atom stereocenters. The first kappa shape index (κ1) is 20.5. The Morgan fingerprint density at radius 3 is 2.23 bits per heavy atom. The molecule has 154 valence electrons. The van der Waals surface area contributed by atoms with Crippen LogP contribution in [0.4, 0.5) is 11.4 Å². The Balaban J connectivity index is 1.62. The summed E-state index contributed by atoms with van der Waals surface area (Å²) in [7, 11) is -3.69. The third-order valence-electron chi connectivity index (χ3n) is 4.94. The van der Waals surface area contributed by atoms with Gasteiger partial charge in [-0.2, -0.15) is 0 Å². The van der Waals surface area contributed by atoms with Gasteiger partial charge in [-0.25, -0.2) is 8.42 Å². The molecule has 1 aliphatic rings. The number of nitrogens with one attached hydrogen (secondary N) is 1. The lowest BCUT2D eigenvalue weighted by Gasteiger charge is -2.25. The molecule has 0 radical (unpaired) electrons. The second-order valence-corrected chi connectivity index (χ2v) is 10.1. The quantitative estimate of drug-likeness (QED) is 0.616. The van der Waals surface area contributed by atoms with Crippen LogP contribution < -0.4 is 9.62 Å². The maximum Gasteiger partial charge on any atom is 0.261 e. The van der Waals surface area contributed by atoms with Gasteiger partial charge in [0.1, 0.15) is 5.37 Å². The molecule has 3 aromatic rings. The largest absolute Gasteiger partial charge is 0.295 e. The summed E-state index contributed by atoms with van der Waals surface area (Å²) in [5, 5.41) is -0.205. The smallest absolute Gasteiger partial charge is 0.261 e. The van der Waals surface area contributed by atoms with Crippen molar-refractivity contribution in [3.8, 4) is 0 Å². The lowest BCUT2D eigenvalue weighted by Crippen LogP contribution is -2.27. The molecule has 0 spiro atoms. The third-order valence-corrected chi connectivity index (χ3v) is 7.54. The molecule has 4 rings (SSSR count). The molecule has 1 unspecified atom stereocenters. The Bertz CT molecular complexity index is 1170. The highest BCUT2D eigenvalue weighted by molar-refractivity contribution is 8.00. The van der Waals surface area contributed by atoms with Crippen LogP contribution in [-0.4, -0.2) is 20.1 Å². The first-order valence-electron chi connectivity index (χ1n) is 9.53. The van der Waals surface area contributed by atoms with Crippen LogP contribution in [0.5, 0.6) is 0 Å². The molecule has 1 N–H and O–H groups in total. The zero-order chi connectivity index (χ0) is 21.3. The van der Waals surface area contributed by atoms with Crippen LogP contribution in [0, 0.1) is 13.8 Å². The minimum Gasteiger partial charge on any atom is -0.295 e. The van der Waals surface area contributed by atoms with Crippen molar-refractivity contribution in [1.82, 2.24) is 0 Å². The molecule has 0 aliphatic carbocycles. The van der Waals surface area contributed by atoms with Gasteiger partial charge >= 0.3 is 0 Å². The van der Waals surface area contributed by atoms with Gasteiger partial charge in [-0.3, -0.25) is 14.4 Å². The number of thioether (sulfide) groups is 1. The number of benzene rings is 3. The van der Waals surface area contributed by atoms with Gasteiger partial charge in [0.25, 0.3) is 10.0 Å². The van der Waals surface area contributed by atoms with Crippen molar-refractivity contribution < 1.29 is 13.2 Å². The second kappa shape index (κ2) is 8.16. The number of hydrogen-bond acceptors (Lipinski definition) is 4. The number of carbonyl (C=O) groups is 1. The second-order valence-electron chi connectivity index (χ2n) is 7.31. The molecular weight excluding hydrogens is 416 g/mol. The molecule has 0 aromatic heterocycles. The highest BCUT2D eigenvalue weighted by Crippen LogP contribution is 2.42. The molecule has 1 aliphatic heterocycles. The van der Waals surface area contributed by atoms with Gasteiger partial charge in [0.2, 0.25) is 5.91 Å². The van der Waals surface area contributed by atoms with Crippen molar-refractivity contribution in [2.24, 2.45) is 0 Å². The van der Waals surface area contributed by atoms with E-state index >= 15 is 0 Å². The van der Waals surface area contributed by atoms with Gasteiger partial charge in [-0.1, -0.05) is 47.5 Å². The van der Waals surface area contributed by atoms with Gasteiger partial charge in [0, 0.05) is 11.4 Å². The van der Waals surface area contributed by atoms with E-state index in [1.165, 1.54) is 11.8 Å². The van der Waals surface area contributed by atoms with Crippen molar-refractivity contribution >= 4 is 39.1 Å².